The highest BCUT2D eigenvalue weighted by atomic mass is 16.6. The lowest BCUT2D eigenvalue weighted by Crippen LogP contribution is -2.47. The van der Waals surface area contributed by atoms with Gasteiger partial charge in [-0.25, -0.2) is 19.2 Å². The van der Waals surface area contributed by atoms with Crippen molar-refractivity contribution in [1.82, 2.24) is 10.2 Å². The molecule has 1 saturated heterocycles. The molecular weight excluding hydrogens is 360 g/mol. The summed E-state index contributed by atoms with van der Waals surface area (Å²) in [4.78, 5) is 47.6. The molecule has 1 unspecified atom stereocenters. The molecule has 0 amide bonds. The summed E-state index contributed by atoms with van der Waals surface area (Å²) >= 11 is 0. The summed E-state index contributed by atoms with van der Waals surface area (Å²) in [5.74, 6) is -2.91. The summed E-state index contributed by atoms with van der Waals surface area (Å²) < 4.78 is 19.0. The molecule has 0 aromatic rings. The van der Waals surface area contributed by atoms with Gasteiger partial charge in [0.1, 0.15) is 12.7 Å². The van der Waals surface area contributed by atoms with E-state index >= 15 is 0 Å². The van der Waals surface area contributed by atoms with E-state index in [0.29, 0.717) is 6.54 Å². The third kappa shape index (κ3) is 10.1. The Hall–Kier alpha value is -2.72. The molecule has 10 nitrogen and oxygen atoms in total. The molecule has 27 heavy (non-hydrogen) atoms. The number of nitrogens with zero attached hydrogens (tertiary/aromatic N) is 1. The van der Waals surface area contributed by atoms with Gasteiger partial charge in [0.25, 0.3) is 0 Å². The van der Waals surface area contributed by atoms with Gasteiger partial charge in [-0.15, -0.1) is 0 Å². The van der Waals surface area contributed by atoms with Gasteiger partial charge in [0, 0.05) is 57.0 Å². The van der Waals surface area contributed by atoms with Crippen LogP contribution in [0.5, 0.6) is 0 Å². The molecule has 1 atom stereocenters. The largest absolute Gasteiger partial charge is 0.466 e. The van der Waals surface area contributed by atoms with Crippen molar-refractivity contribution in [2.24, 2.45) is 0 Å². The lowest BCUT2D eigenvalue weighted by molar-refractivity contribution is -0.154. The van der Waals surface area contributed by atoms with Gasteiger partial charge in [-0.2, -0.15) is 0 Å². The van der Waals surface area contributed by atoms with Crippen LogP contribution in [0.1, 0.15) is 0 Å². The molecule has 0 aliphatic carbocycles. The molecule has 150 valence electrons. The highest BCUT2D eigenvalue weighted by Gasteiger charge is 2.20. The highest BCUT2D eigenvalue weighted by Crippen LogP contribution is 2.03. The van der Waals surface area contributed by atoms with Gasteiger partial charge in [0.05, 0.1) is 14.2 Å². The zero-order chi connectivity index (χ0) is 20.1. The van der Waals surface area contributed by atoms with E-state index in [-0.39, 0.29) is 6.61 Å². The Bertz CT molecular complexity index is 581. The Morgan fingerprint density at radius 2 is 1.41 bits per heavy atom. The summed E-state index contributed by atoms with van der Waals surface area (Å²) in [7, 11) is 2.37. The molecule has 1 N–H and O–H groups in total. The molecule has 0 saturated carbocycles. The molecule has 1 aliphatic heterocycles. The Balaban J connectivity index is 2.60. The zero-order valence-electron chi connectivity index (χ0n) is 15.3. The van der Waals surface area contributed by atoms with Crippen LogP contribution in [-0.4, -0.2) is 88.4 Å². The second kappa shape index (κ2) is 12.6. The zero-order valence-corrected chi connectivity index (χ0v) is 15.3. The predicted octanol–water partition coefficient (Wildman–Crippen LogP) is -1.19. The molecule has 0 spiro atoms. The first kappa shape index (κ1) is 22.3. The minimum atomic E-state index is -0.771. The molecule has 0 radical (unpaired) electrons. The monoisotopic (exact) mass is 384 g/mol. The van der Waals surface area contributed by atoms with Gasteiger partial charge in [-0.05, 0) is 0 Å². The summed E-state index contributed by atoms with van der Waals surface area (Å²) in [5, 5.41) is 3.20. The maximum Gasteiger partial charge on any atom is 0.331 e. The Labute approximate surface area is 157 Å². The van der Waals surface area contributed by atoms with E-state index in [1.165, 1.54) is 14.2 Å². The number of nitrogens with one attached hydrogen (secondary N) is 1. The van der Waals surface area contributed by atoms with Gasteiger partial charge in [0.2, 0.25) is 0 Å². The van der Waals surface area contributed by atoms with Gasteiger partial charge >= 0.3 is 23.9 Å². The van der Waals surface area contributed by atoms with Crippen molar-refractivity contribution >= 4 is 23.9 Å². The summed E-state index contributed by atoms with van der Waals surface area (Å²) in [6.45, 7) is 3.25. The van der Waals surface area contributed by atoms with Crippen LogP contribution < -0.4 is 5.32 Å². The molecular formula is C17H24N2O8. The Morgan fingerprint density at radius 1 is 0.889 bits per heavy atom. The van der Waals surface area contributed by atoms with Crippen molar-refractivity contribution in [3.8, 4) is 0 Å². The number of methoxy groups -OCH3 is 2. The summed E-state index contributed by atoms with van der Waals surface area (Å²) in [6, 6.07) is 0. The van der Waals surface area contributed by atoms with Crippen LogP contribution in [0, 0.1) is 0 Å². The second-order valence-corrected chi connectivity index (χ2v) is 5.45. The van der Waals surface area contributed by atoms with Crippen molar-refractivity contribution in [1.29, 1.82) is 0 Å². The third-order valence-electron chi connectivity index (χ3n) is 3.48. The van der Waals surface area contributed by atoms with E-state index in [2.05, 4.69) is 19.7 Å². The maximum atomic E-state index is 11.9. The van der Waals surface area contributed by atoms with Crippen LogP contribution in [0.15, 0.2) is 24.3 Å². The number of carbonyl (C=O) groups is 4. The predicted molar refractivity (Wildman–Crippen MR) is 92.5 cm³/mol. The normalized spacial score (nSPS) is 16.1. The number of piperazine rings is 1. The lowest BCUT2D eigenvalue weighted by Gasteiger charge is -2.30. The number of rotatable bonds is 9. The first-order valence-electron chi connectivity index (χ1n) is 8.27. The van der Waals surface area contributed by atoms with E-state index in [0.717, 1.165) is 50.5 Å². The summed E-state index contributed by atoms with van der Waals surface area (Å²) in [6.07, 6.45) is 2.99. The second-order valence-electron chi connectivity index (χ2n) is 5.45. The SMILES string of the molecule is COC(=O)/C=C/C(=O)OCC(CN1CCNCC1)OC(=O)/C=C/C(=O)OC. The molecule has 1 fully saturated rings. The number of ether oxygens (including phenoxy) is 4. The van der Waals surface area contributed by atoms with Gasteiger partial charge in [-0.3, -0.25) is 4.90 Å². The Morgan fingerprint density at radius 3 is 1.96 bits per heavy atom. The fraction of sp³-hybridized carbons (Fsp3) is 0.529. The highest BCUT2D eigenvalue weighted by molar-refractivity contribution is 5.92. The number of hydrogen-bond donors (Lipinski definition) is 1. The standard InChI is InChI=1S/C17H24N2O8/c1-24-14(20)3-5-16(22)26-12-13(11-19-9-7-18-8-10-19)27-17(23)6-4-15(21)25-2/h3-6,13,18H,7-12H2,1-2H3/b5-3+,6-4+. The van der Waals surface area contributed by atoms with Crippen LogP contribution in [0.4, 0.5) is 0 Å². The quantitative estimate of drug-likeness (QED) is 0.295. The topological polar surface area (TPSA) is 120 Å². The van der Waals surface area contributed by atoms with Crippen molar-refractivity contribution in [3.63, 3.8) is 0 Å². The fourth-order valence-corrected chi connectivity index (χ4v) is 2.14. The van der Waals surface area contributed by atoms with E-state index in [9.17, 15) is 19.2 Å². The van der Waals surface area contributed by atoms with Gasteiger partial charge in [0.15, 0.2) is 0 Å². The van der Waals surface area contributed by atoms with Crippen LogP contribution in [0.25, 0.3) is 0 Å². The van der Waals surface area contributed by atoms with Crippen molar-refractivity contribution in [2.75, 3.05) is 53.6 Å². The van der Waals surface area contributed by atoms with E-state index in [1.54, 1.807) is 0 Å². The molecule has 0 bridgehead atoms. The first-order chi connectivity index (χ1) is 12.9. The molecule has 10 heteroatoms. The molecule has 0 aromatic carbocycles. The summed E-state index contributed by atoms with van der Waals surface area (Å²) in [5.41, 5.74) is 0. The number of hydrogen-bond acceptors (Lipinski definition) is 10. The fourth-order valence-electron chi connectivity index (χ4n) is 2.14. The van der Waals surface area contributed by atoms with E-state index in [1.807, 2.05) is 0 Å². The molecule has 1 aliphatic rings. The molecule has 0 aromatic heterocycles. The lowest BCUT2D eigenvalue weighted by atomic mass is 10.3. The average molecular weight is 384 g/mol. The number of carbonyl (C=O) groups excluding carboxylic acids is 4. The van der Waals surface area contributed by atoms with Gasteiger partial charge in [-0.1, -0.05) is 0 Å². The Kier molecular flexibility index (Phi) is 10.4. The van der Waals surface area contributed by atoms with Crippen LogP contribution >= 0.6 is 0 Å². The first-order valence-corrected chi connectivity index (χ1v) is 8.27. The van der Waals surface area contributed by atoms with Crippen LogP contribution in [-0.2, 0) is 38.1 Å². The maximum absolute atomic E-state index is 11.9. The van der Waals surface area contributed by atoms with Crippen LogP contribution in [0.3, 0.4) is 0 Å². The van der Waals surface area contributed by atoms with Crippen LogP contribution in [0.2, 0.25) is 0 Å². The smallest absolute Gasteiger partial charge is 0.331 e. The van der Waals surface area contributed by atoms with Crippen molar-refractivity contribution in [2.45, 2.75) is 6.10 Å². The van der Waals surface area contributed by atoms with Gasteiger partial charge < -0.3 is 24.3 Å². The average Bonchev–Trinajstić information content (AvgIpc) is 2.68. The minimum Gasteiger partial charge on any atom is -0.466 e. The third-order valence-corrected chi connectivity index (χ3v) is 3.48. The molecule has 1 rings (SSSR count). The minimum absolute atomic E-state index is 0.202. The van der Waals surface area contributed by atoms with E-state index in [4.69, 9.17) is 9.47 Å². The number of esters is 4. The van der Waals surface area contributed by atoms with E-state index < -0.39 is 30.0 Å². The van der Waals surface area contributed by atoms with Crippen molar-refractivity contribution in [3.05, 3.63) is 24.3 Å². The van der Waals surface area contributed by atoms with Crippen molar-refractivity contribution < 1.29 is 38.1 Å². The molecule has 1 heterocycles.